The minimum atomic E-state index is -0.541. The van der Waals surface area contributed by atoms with Crippen LogP contribution in [0, 0.1) is 5.92 Å². The predicted octanol–water partition coefficient (Wildman–Crippen LogP) is 1.64. The van der Waals surface area contributed by atoms with Crippen molar-refractivity contribution in [2.24, 2.45) is 11.7 Å². The molecule has 1 aliphatic carbocycles. The van der Waals surface area contributed by atoms with Crippen LogP contribution in [0.25, 0.3) is 0 Å². The maximum atomic E-state index is 11.1. The minimum absolute atomic E-state index is 0.209. The molecule has 6 nitrogen and oxygen atoms in total. The number of carbonyl (C=O) groups is 1. The summed E-state index contributed by atoms with van der Waals surface area (Å²) in [6.45, 7) is 3.25. The number of amides is 1. The van der Waals surface area contributed by atoms with E-state index in [0.717, 1.165) is 12.6 Å². The van der Waals surface area contributed by atoms with Crippen LogP contribution in [0.4, 0.5) is 5.82 Å². The third-order valence-electron chi connectivity index (χ3n) is 4.87. The standard InChI is InChI=1S/C16H25N5O/c17-16(22)14-9-18-10-15(20-14)19-8-12-6-7-21(11-12)13-4-2-1-3-5-13/h9-10,12-13H,1-8,11H2,(H2,17,22)(H,19,20)/t12-/m1/s1. The smallest absolute Gasteiger partial charge is 0.268 e. The van der Waals surface area contributed by atoms with Gasteiger partial charge in [0.05, 0.1) is 12.4 Å². The molecule has 0 aromatic carbocycles. The van der Waals surface area contributed by atoms with Gasteiger partial charge in [-0.15, -0.1) is 0 Å². The average molecular weight is 303 g/mol. The fraction of sp³-hybridized carbons (Fsp3) is 0.688. The molecule has 0 spiro atoms. The zero-order chi connectivity index (χ0) is 15.4. The summed E-state index contributed by atoms with van der Waals surface area (Å²) in [7, 11) is 0. The molecule has 3 N–H and O–H groups in total. The molecule has 1 aromatic rings. The van der Waals surface area contributed by atoms with Crippen LogP contribution in [-0.4, -0.2) is 46.5 Å². The molecule has 1 amide bonds. The van der Waals surface area contributed by atoms with Crippen molar-refractivity contribution in [1.82, 2.24) is 14.9 Å². The Morgan fingerprint density at radius 2 is 2.09 bits per heavy atom. The number of rotatable bonds is 5. The lowest BCUT2D eigenvalue weighted by Crippen LogP contribution is -2.35. The predicted molar refractivity (Wildman–Crippen MR) is 85.6 cm³/mol. The molecule has 0 bridgehead atoms. The zero-order valence-electron chi connectivity index (χ0n) is 13.0. The van der Waals surface area contributed by atoms with Gasteiger partial charge in [0, 0.05) is 19.1 Å². The van der Waals surface area contributed by atoms with E-state index in [1.165, 1.54) is 57.8 Å². The number of nitrogens with two attached hydrogens (primary N) is 1. The van der Waals surface area contributed by atoms with E-state index in [1.807, 2.05) is 0 Å². The molecule has 1 atom stereocenters. The number of hydrogen-bond donors (Lipinski definition) is 2. The Labute approximate surface area is 131 Å². The molecule has 120 valence electrons. The quantitative estimate of drug-likeness (QED) is 0.864. The maximum absolute atomic E-state index is 11.1. The third kappa shape index (κ3) is 3.74. The number of nitrogens with zero attached hydrogens (tertiary/aromatic N) is 3. The van der Waals surface area contributed by atoms with Gasteiger partial charge in [0.25, 0.3) is 5.91 Å². The Balaban J connectivity index is 1.48. The second kappa shape index (κ2) is 7.05. The molecule has 3 rings (SSSR count). The molecule has 0 radical (unpaired) electrons. The largest absolute Gasteiger partial charge is 0.368 e. The van der Waals surface area contributed by atoms with Gasteiger partial charge in [-0.3, -0.25) is 9.78 Å². The molecule has 22 heavy (non-hydrogen) atoms. The molecule has 6 heteroatoms. The summed E-state index contributed by atoms with van der Waals surface area (Å²) in [5.41, 5.74) is 5.43. The van der Waals surface area contributed by atoms with Gasteiger partial charge in [-0.25, -0.2) is 4.98 Å². The van der Waals surface area contributed by atoms with Crippen molar-refractivity contribution >= 4 is 11.7 Å². The highest BCUT2D eigenvalue weighted by Crippen LogP contribution is 2.27. The summed E-state index contributed by atoms with van der Waals surface area (Å²) in [5, 5.41) is 3.30. The van der Waals surface area contributed by atoms with Crippen LogP contribution in [0.2, 0.25) is 0 Å². The lowest BCUT2D eigenvalue weighted by Gasteiger charge is -2.31. The molecule has 1 aromatic heterocycles. The molecule has 2 aliphatic rings. The van der Waals surface area contributed by atoms with E-state index in [9.17, 15) is 4.79 Å². The van der Waals surface area contributed by atoms with Crippen molar-refractivity contribution in [3.05, 3.63) is 18.1 Å². The van der Waals surface area contributed by atoms with Crippen molar-refractivity contribution in [1.29, 1.82) is 0 Å². The first kappa shape index (κ1) is 15.2. The highest BCUT2D eigenvalue weighted by molar-refractivity contribution is 5.90. The average Bonchev–Trinajstić information content (AvgIpc) is 3.03. The minimum Gasteiger partial charge on any atom is -0.368 e. The first-order valence-corrected chi connectivity index (χ1v) is 8.32. The van der Waals surface area contributed by atoms with Crippen LogP contribution in [0.5, 0.6) is 0 Å². The van der Waals surface area contributed by atoms with Gasteiger partial charge in [-0.05, 0) is 31.7 Å². The summed E-state index contributed by atoms with van der Waals surface area (Å²) in [5.74, 6) is 0.730. The van der Waals surface area contributed by atoms with Crippen molar-refractivity contribution in [3.63, 3.8) is 0 Å². The molecule has 2 fully saturated rings. The summed E-state index contributed by atoms with van der Waals surface area (Å²) in [6, 6.07) is 0.803. The highest BCUT2D eigenvalue weighted by Gasteiger charge is 2.28. The molecule has 1 saturated carbocycles. The van der Waals surface area contributed by atoms with E-state index in [-0.39, 0.29) is 5.69 Å². The zero-order valence-corrected chi connectivity index (χ0v) is 13.0. The fourth-order valence-electron chi connectivity index (χ4n) is 3.63. The van der Waals surface area contributed by atoms with Crippen LogP contribution in [0.15, 0.2) is 12.4 Å². The highest BCUT2D eigenvalue weighted by atomic mass is 16.1. The normalized spacial score (nSPS) is 23.5. The van der Waals surface area contributed by atoms with Gasteiger partial charge < -0.3 is 16.0 Å². The molecule has 1 saturated heterocycles. The summed E-state index contributed by atoms with van der Waals surface area (Å²) < 4.78 is 0. The van der Waals surface area contributed by atoms with Gasteiger partial charge in [-0.1, -0.05) is 19.3 Å². The van der Waals surface area contributed by atoms with Gasteiger partial charge >= 0.3 is 0 Å². The topological polar surface area (TPSA) is 84.1 Å². The van der Waals surface area contributed by atoms with Crippen molar-refractivity contribution in [2.75, 3.05) is 25.0 Å². The van der Waals surface area contributed by atoms with Crippen molar-refractivity contribution in [2.45, 2.75) is 44.6 Å². The van der Waals surface area contributed by atoms with Gasteiger partial charge in [-0.2, -0.15) is 0 Å². The van der Waals surface area contributed by atoms with Crippen LogP contribution in [-0.2, 0) is 0 Å². The number of hydrogen-bond acceptors (Lipinski definition) is 5. The number of primary amides is 1. The van der Waals surface area contributed by atoms with Crippen LogP contribution >= 0.6 is 0 Å². The Hall–Kier alpha value is -1.69. The molecule has 1 aliphatic heterocycles. The molecule has 0 unspecified atom stereocenters. The van der Waals surface area contributed by atoms with Crippen LogP contribution in [0.3, 0.4) is 0 Å². The van der Waals surface area contributed by atoms with Gasteiger partial charge in [0.1, 0.15) is 11.5 Å². The van der Waals surface area contributed by atoms with Crippen molar-refractivity contribution in [3.8, 4) is 0 Å². The Kier molecular flexibility index (Phi) is 4.87. The van der Waals surface area contributed by atoms with E-state index in [0.29, 0.717) is 11.7 Å². The van der Waals surface area contributed by atoms with E-state index in [4.69, 9.17) is 5.73 Å². The van der Waals surface area contributed by atoms with E-state index < -0.39 is 5.91 Å². The number of likely N-dealkylation sites (tertiary alicyclic amines) is 1. The molecular weight excluding hydrogens is 278 g/mol. The van der Waals surface area contributed by atoms with E-state index >= 15 is 0 Å². The Morgan fingerprint density at radius 1 is 1.27 bits per heavy atom. The van der Waals surface area contributed by atoms with E-state index in [1.54, 1.807) is 6.20 Å². The van der Waals surface area contributed by atoms with Gasteiger partial charge in [0.2, 0.25) is 0 Å². The summed E-state index contributed by atoms with van der Waals surface area (Å²) in [6.07, 6.45) is 11.2. The van der Waals surface area contributed by atoms with Crippen molar-refractivity contribution < 1.29 is 4.79 Å². The summed E-state index contributed by atoms with van der Waals surface area (Å²) >= 11 is 0. The van der Waals surface area contributed by atoms with Crippen LogP contribution in [0.1, 0.15) is 49.0 Å². The van der Waals surface area contributed by atoms with Crippen LogP contribution < -0.4 is 11.1 Å². The third-order valence-corrected chi connectivity index (χ3v) is 4.87. The van der Waals surface area contributed by atoms with E-state index in [2.05, 4.69) is 20.2 Å². The first-order chi connectivity index (χ1) is 10.7. The fourth-order valence-corrected chi connectivity index (χ4v) is 3.63. The monoisotopic (exact) mass is 303 g/mol. The maximum Gasteiger partial charge on any atom is 0.268 e. The second-order valence-electron chi connectivity index (χ2n) is 6.48. The number of anilines is 1. The molecule has 2 heterocycles. The number of nitrogens with one attached hydrogen (secondary N) is 1. The second-order valence-corrected chi connectivity index (χ2v) is 6.48. The number of aromatic nitrogens is 2. The Bertz CT molecular complexity index is 515. The summed E-state index contributed by atoms with van der Waals surface area (Å²) in [4.78, 5) is 22.0. The molecular formula is C16H25N5O. The lowest BCUT2D eigenvalue weighted by molar-refractivity contribution is 0.0995. The lowest BCUT2D eigenvalue weighted by atomic mass is 9.94. The SMILES string of the molecule is NC(=O)c1cncc(NC[C@H]2CCN(C3CCCCC3)C2)n1. The number of carbonyl (C=O) groups excluding carboxylic acids is 1. The van der Waals surface area contributed by atoms with Gasteiger partial charge in [0.15, 0.2) is 0 Å². The Morgan fingerprint density at radius 3 is 2.86 bits per heavy atom. The first-order valence-electron chi connectivity index (χ1n) is 8.32.